The van der Waals surface area contributed by atoms with E-state index in [4.69, 9.17) is 23.8 Å². The maximum atomic E-state index is 11.7. The van der Waals surface area contributed by atoms with Crippen LogP contribution >= 0.6 is 23.8 Å². The first-order valence-electron chi connectivity index (χ1n) is 5.12. The van der Waals surface area contributed by atoms with Crippen molar-refractivity contribution in [3.63, 3.8) is 0 Å². The molecule has 0 bridgehead atoms. The molecule has 2 heterocycles. The van der Waals surface area contributed by atoms with Crippen LogP contribution in [0.5, 0.6) is 0 Å². The Kier molecular flexibility index (Phi) is 2.53. The van der Waals surface area contributed by atoms with Gasteiger partial charge in [0.2, 0.25) is 0 Å². The van der Waals surface area contributed by atoms with E-state index in [-0.39, 0.29) is 10.3 Å². The fraction of sp³-hybridized carbons (Fsp3) is 0. The van der Waals surface area contributed by atoms with Gasteiger partial charge in [0.1, 0.15) is 11.3 Å². The summed E-state index contributed by atoms with van der Waals surface area (Å²) >= 11 is 10.7. The minimum Gasteiger partial charge on any atom is -0.332 e. The molecule has 2 aromatic heterocycles. The first-order valence-corrected chi connectivity index (χ1v) is 5.90. The third kappa shape index (κ3) is 1.85. The predicted molar refractivity (Wildman–Crippen MR) is 72.3 cm³/mol. The molecule has 0 amide bonds. The van der Waals surface area contributed by atoms with Crippen LogP contribution in [0.25, 0.3) is 22.6 Å². The number of aromatic nitrogens is 4. The van der Waals surface area contributed by atoms with Gasteiger partial charge in [0, 0.05) is 10.6 Å². The van der Waals surface area contributed by atoms with Crippen molar-refractivity contribution in [3.8, 4) is 11.4 Å². The molecule has 5 nitrogen and oxygen atoms in total. The van der Waals surface area contributed by atoms with Crippen molar-refractivity contribution in [3.05, 3.63) is 44.4 Å². The van der Waals surface area contributed by atoms with Crippen LogP contribution in [0.2, 0.25) is 5.02 Å². The first kappa shape index (κ1) is 11.2. The van der Waals surface area contributed by atoms with E-state index in [1.54, 1.807) is 12.1 Å². The molecule has 3 N–H and O–H groups in total. The highest BCUT2D eigenvalue weighted by Gasteiger charge is 2.08. The van der Waals surface area contributed by atoms with E-state index in [9.17, 15) is 4.79 Å². The van der Waals surface area contributed by atoms with E-state index in [0.29, 0.717) is 22.0 Å². The molecule has 0 aliphatic heterocycles. The highest BCUT2D eigenvalue weighted by molar-refractivity contribution is 7.71. The zero-order chi connectivity index (χ0) is 12.7. The van der Waals surface area contributed by atoms with E-state index >= 15 is 0 Å². The minimum atomic E-state index is -0.290. The Morgan fingerprint density at radius 2 is 1.83 bits per heavy atom. The highest BCUT2D eigenvalue weighted by atomic mass is 35.5. The largest absolute Gasteiger partial charge is 0.332 e. The number of aromatic amines is 3. The highest BCUT2D eigenvalue weighted by Crippen LogP contribution is 2.19. The number of benzene rings is 1. The van der Waals surface area contributed by atoms with Crippen molar-refractivity contribution in [1.29, 1.82) is 0 Å². The molecule has 18 heavy (non-hydrogen) atoms. The third-order valence-electron chi connectivity index (χ3n) is 2.51. The topological polar surface area (TPSA) is 77.3 Å². The maximum Gasteiger partial charge on any atom is 0.277 e. The van der Waals surface area contributed by atoms with Gasteiger partial charge in [-0.25, -0.2) is 4.98 Å². The van der Waals surface area contributed by atoms with Gasteiger partial charge in [-0.3, -0.25) is 9.78 Å². The molecule has 0 unspecified atom stereocenters. The van der Waals surface area contributed by atoms with Crippen molar-refractivity contribution in [1.82, 2.24) is 19.9 Å². The number of nitrogens with zero attached hydrogens (tertiary/aromatic N) is 1. The molecular weight excluding hydrogens is 272 g/mol. The summed E-state index contributed by atoms with van der Waals surface area (Å²) in [7, 11) is 0. The van der Waals surface area contributed by atoms with Gasteiger partial charge in [-0.05, 0) is 36.5 Å². The SMILES string of the molecule is O=c1[nH]c(=S)[nH]c2nc(-c3ccc(Cl)cc3)[nH]c12. The van der Waals surface area contributed by atoms with Crippen LogP contribution in [-0.2, 0) is 0 Å². The number of rotatable bonds is 1. The van der Waals surface area contributed by atoms with Crippen LogP contribution in [-0.4, -0.2) is 19.9 Å². The fourth-order valence-electron chi connectivity index (χ4n) is 1.68. The molecule has 3 rings (SSSR count). The summed E-state index contributed by atoms with van der Waals surface area (Å²) in [6.45, 7) is 0. The fourth-order valence-corrected chi connectivity index (χ4v) is 1.99. The Hall–Kier alpha value is -1.92. The van der Waals surface area contributed by atoms with Crippen LogP contribution in [0.15, 0.2) is 29.1 Å². The summed E-state index contributed by atoms with van der Waals surface area (Å²) in [5, 5.41) is 0.645. The maximum absolute atomic E-state index is 11.7. The Bertz CT molecular complexity index is 831. The van der Waals surface area contributed by atoms with E-state index in [2.05, 4.69) is 19.9 Å². The quantitative estimate of drug-likeness (QED) is 0.599. The molecule has 0 radical (unpaired) electrons. The van der Waals surface area contributed by atoms with Crippen molar-refractivity contribution >= 4 is 35.0 Å². The Balaban J connectivity index is 2.25. The number of H-pyrrole nitrogens is 3. The molecule has 7 heteroatoms. The first-order chi connectivity index (χ1) is 8.63. The van der Waals surface area contributed by atoms with Crippen molar-refractivity contribution in [2.24, 2.45) is 0 Å². The van der Waals surface area contributed by atoms with Crippen LogP contribution < -0.4 is 5.56 Å². The third-order valence-corrected chi connectivity index (χ3v) is 2.96. The molecule has 0 aliphatic rings. The van der Waals surface area contributed by atoms with Gasteiger partial charge in [-0.1, -0.05) is 11.6 Å². The lowest BCUT2D eigenvalue weighted by Gasteiger charge is -1.95. The van der Waals surface area contributed by atoms with E-state index in [1.807, 2.05) is 12.1 Å². The van der Waals surface area contributed by atoms with Crippen molar-refractivity contribution < 1.29 is 0 Å². The molecule has 3 aromatic rings. The molecule has 0 atom stereocenters. The van der Waals surface area contributed by atoms with E-state index < -0.39 is 0 Å². The van der Waals surface area contributed by atoms with Gasteiger partial charge >= 0.3 is 0 Å². The molecule has 0 aliphatic carbocycles. The average Bonchev–Trinajstić information content (AvgIpc) is 2.74. The predicted octanol–water partition coefficient (Wildman–Crippen LogP) is 2.63. The monoisotopic (exact) mass is 278 g/mol. The van der Waals surface area contributed by atoms with Gasteiger partial charge in [0.25, 0.3) is 5.56 Å². The normalized spacial score (nSPS) is 10.9. The minimum absolute atomic E-state index is 0.252. The van der Waals surface area contributed by atoms with Crippen LogP contribution in [0.3, 0.4) is 0 Å². The van der Waals surface area contributed by atoms with Gasteiger partial charge in [0.05, 0.1) is 0 Å². The lowest BCUT2D eigenvalue weighted by molar-refractivity contribution is 1.12. The smallest absolute Gasteiger partial charge is 0.277 e. The van der Waals surface area contributed by atoms with Gasteiger partial charge in [-0.15, -0.1) is 0 Å². The van der Waals surface area contributed by atoms with Crippen LogP contribution in [0.1, 0.15) is 0 Å². The zero-order valence-electron chi connectivity index (χ0n) is 8.95. The lowest BCUT2D eigenvalue weighted by Crippen LogP contribution is -2.07. The van der Waals surface area contributed by atoms with Crippen molar-refractivity contribution in [2.45, 2.75) is 0 Å². The summed E-state index contributed by atoms with van der Waals surface area (Å²) in [6.07, 6.45) is 0. The second-order valence-corrected chi connectivity index (χ2v) is 4.57. The molecule has 0 saturated carbocycles. The van der Waals surface area contributed by atoms with Gasteiger partial charge in [-0.2, -0.15) is 0 Å². The summed E-state index contributed by atoms with van der Waals surface area (Å²) in [5.74, 6) is 0.587. The number of imidazole rings is 1. The van der Waals surface area contributed by atoms with Crippen molar-refractivity contribution in [2.75, 3.05) is 0 Å². The molecule has 90 valence electrons. The van der Waals surface area contributed by atoms with E-state index in [1.165, 1.54) is 0 Å². The van der Waals surface area contributed by atoms with Crippen LogP contribution in [0.4, 0.5) is 0 Å². The molecular formula is C11H7ClN4OS. The molecule has 0 fully saturated rings. The summed E-state index contributed by atoms with van der Waals surface area (Å²) < 4.78 is 0.252. The standard InChI is InChI=1S/C11H7ClN4OS/c12-6-3-1-5(2-4-6)8-13-7-9(14-8)15-11(18)16-10(7)17/h1-4H,(H3,13,14,15,16,17,18). The Morgan fingerprint density at radius 1 is 1.11 bits per heavy atom. The number of halogens is 1. The number of fused-ring (bicyclic) bond motifs is 1. The molecule has 1 aromatic carbocycles. The molecule has 0 spiro atoms. The average molecular weight is 279 g/mol. The van der Waals surface area contributed by atoms with Crippen LogP contribution in [0, 0.1) is 4.77 Å². The second kappa shape index (κ2) is 4.08. The number of nitrogens with one attached hydrogen (secondary N) is 3. The Morgan fingerprint density at radius 3 is 2.56 bits per heavy atom. The number of hydrogen-bond acceptors (Lipinski definition) is 3. The Labute approximate surface area is 111 Å². The summed E-state index contributed by atoms with van der Waals surface area (Å²) in [5.41, 5.74) is 1.36. The van der Waals surface area contributed by atoms with E-state index in [0.717, 1.165) is 5.56 Å². The summed E-state index contributed by atoms with van der Waals surface area (Å²) in [6, 6.07) is 7.17. The zero-order valence-corrected chi connectivity index (χ0v) is 10.5. The number of hydrogen-bond donors (Lipinski definition) is 3. The van der Waals surface area contributed by atoms with Gasteiger partial charge < -0.3 is 9.97 Å². The summed E-state index contributed by atoms with van der Waals surface area (Å²) in [4.78, 5) is 24.2. The lowest BCUT2D eigenvalue weighted by atomic mass is 10.2. The van der Waals surface area contributed by atoms with Gasteiger partial charge in [0.15, 0.2) is 10.4 Å². The second-order valence-electron chi connectivity index (χ2n) is 3.72. The molecule has 0 saturated heterocycles.